The molecule has 1 atom stereocenters. The highest BCUT2D eigenvalue weighted by Crippen LogP contribution is 2.13. The van der Waals surface area contributed by atoms with Gasteiger partial charge in [-0.1, -0.05) is 6.92 Å². The van der Waals surface area contributed by atoms with Crippen molar-refractivity contribution in [1.29, 1.82) is 0 Å². The van der Waals surface area contributed by atoms with Crippen molar-refractivity contribution in [2.24, 2.45) is 0 Å². The lowest BCUT2D eigenvalue weighted by atomic mass is 10.3. The van der Waals surface area contributed by atoms with E-state index in [2.05, 4.69) is 15.3 Å². The predicted octanol–water partition coefficient (Wildman–Crippen LogP) is 0.762. The third-order valence-electron chi connectivity index (χ3n) is 2.35. The lowest BCUT2D eigenvalue weighted by Crippen LogP contribution is -2.21. The van der Waals surface area contributed by atoms with Gasteiger partial charge in [0.2, 0.25) is 0 Å². The zero-order valence-corrected chi connectivity index (χ0v) is 9.74. The second-order valence-electron chi connectivity index (χ2n) is 3.66. The van der Waals surface area contributed by atoms with Gasteiger partial charge < -0.3 is 5.32 Å². The van der Waals surface area contributed by atoms with Crippen molar-refractivity contribution in [1.82, 2.24) is 9.97 Å². The number of rotatable bonds is 3. The van der Waals surface area contributed by atoms with Gasteiger partial charge in [0, 0.05) is 17.2 Å². The summed E-state index contributed by atoms with van der Waals surface area (Å²) < 4.78 is 22.4. The van der Waals surface area contributed by atoms with Crippen molar-refractivity contribution in [3.63, 3.8) is 0 Å². The summed E-state index contributed by atoms with van der Waals surface area (Å²) >= 11 is 0. The molecule has 1 aromatic heterocycles. The molecule has 5 nitrogen and oxygen atoms in total. The quantitative estimate of drug-likeness (QED) is 0.843. The lowest BCUT2D eigenvalue weighted by molar-refractivity contribution is 0.605. The van der Waals surface area contributed by atoms with Crippen LogP contribution >= 0.6 is 0 Å². The fraction of sp³-hybridized carbons (Fsp3) is 0.400. The van der Waals surface area contributed by atoms with Crippen LogP contribution in [-0.2, 0) is 16.3 Å². The Morgan fingerprint density at radius 3 is 2.94 bits per heavy atom. The first-order valence-electron chi connectivity index (χ1n) is 5.07. The van der Waals surface area contributed by atoms with E-state index in [4.69, 9.17) is 0 Å². The van der Waals surface area contributed by atoms with Crippen LogP contribution in [0, 0.1) is 0 Å². The second kappa shape index (κ2) is 4.21. The number of hydrogen-bond donors (Lipinski definition) is 1. The number of aryl methyl sites for hydroxylation is 1. The summed E-state index contributed by atoms with van der Waals surface area (Å²) in [6, 6.07) is 1.64. The van der Waals surface area contributed by atoms with Crippen molar-refractivity contribution in [3.8, 4) is 0 Å². The maximum Gasteiger partial charge on any atom is 0.173 e. The van der Waals surface area contributed by atoms with Crippen molar-refractivity contribution < 1.29 is 8.42 Å². The highest BCUT2D eigenvalue weighted by Gasteiger charge is 2.21. The molecule has 0 fully saturated rings. The minimum Gasteiger partial charge on any atom is -0.363 e. The summed E-state index contributed by atoms with van der Waals surface area (Å²) in [5.74, 6) is 0.761. The maximum atomic E-state index is 11.2. The normalized spacial score (nSPS) is 22.2. The molecule has 0 radical (unpaired) electrons. The van der Waals surface area contributed by atoms with E-state index in [1.54, 1.807) is 6.08 Å². The highest BCUT2D eigenvalue weighted by atomic mass is 32.2. The molecular formula is C10H13N3O2S. The molecule has 2 rings (SSSR count). The molecule has 0 saturated carbocycles. The van der Waals surface area contributed by atoms with Crippen molar-refractivity contribution in [2.45, 2.75) is 19.4 Å². The Morgan fingerprint density at radius 1 is 1.50 bits per heavy atom. The lowest BCUT2D eigenvalue weighted by Gasteiger charge is -2.10. The van der Waals surface area contributed by atoms with Crippen LogP contribution in [0.1, 0.15) is 12.6 Å². The number of hydrogen-bond acceptors (Lipinski definition) is 5. The van der Waals surface area contributed by atoms with Gasteiger partial charge in [0.15, 0.2) is 9.84 Å². The molecule has 1 unspecified atom stereocenters. The van der Waals surface area contributed by atoms with Crippen LogP contribution in [0.4, 0.5) is 5.82 Å². The van der Waals surface area contributed by atoms with Gasteiger partial charge in [-0.25, -0.2) is 18.4 Å². The Bertz CT molecular complexity index is 511. The van der Waals surface area contributed by atoms with Gasteiger partial charge in [0.25, 0.3) is 0 Å². The molecule has 16 heavy (non-hydrogen) atoms. The monoisotopic (exact) mass is 239 g/mol. The molecule has 0 bridgehead atoms. The summed E-state index contributed by atoms with van der Waals surface area (Å²) in [7, 11) is -3.02. The van der Waals surface area contributed by atoms with E-state index in [9.17, 15) is 8.42 Å². The maximum absolute atomic E-state index is 11.2. The van der Waals surface area contributed by atoms with Gasteiger partial charge >= 0.3 is 0 Å². The van der Waals surface area contributed by atoms with Gasteiger partial charge in [0.1, 0.15) is 12.1 Å². The fourth-order valence-electron chi connectivity index (χ4n) is 1.53. The topological polar surface area (TPSA) is 72.0 Å². The third-order valence-corrected chi connectivity index (χ3v) is 3.74. The Balaban J connectivity index is 2.08. The van der Waals surface area contributed by atoms with E-state index in [-0.39, 0.29) is 11.8 Å². The smallest absolute Gasteiger partial charge is 0.173 e. The van der Waals surface area contributed by atoms with E-state index in [0.29, 0.717) is 5.82 Å². The van der Waals surface area contributed by atoms with Gasteiger partial charge in [-0.05, 0) is 12.5 Å². The molecule has 1 N–H and O–H groups in total. The van der Waals surface area contributed by atoms with Crippen LogP contribution in [0.15, 0.2) is 23.9 Å². The Kier molecular flexibility index (Phi) is 2.91. The number of anilines is 1. The van der Waals surface area contributed by atoms with E-state index < -0.39 is 9.84 Å². The van der Waals surface area contributed by atoms with E-state index in [1.807, 2.05) is 13.0 Å². The predicted molar refractivity (Wildman–Crippen MR) is 61.7 cm³/mol. The molecule has 0 aliphatic carbocycles. The van der Waals surface area contributed by atoms with Crippen molar-refractivity contribution in [3.05, 3.63) is 29.6 Å². The van der Waals surface area contributed by atoms with Gasteiger partial charge in [-0.15, -0.1) is 0 Å². The van der Waals surface area contributed by atoms with Crippen LogP contribution < -0.4 is 5.32 Å². The minimum atomic E-state index is -3.02. The average Bonchev–Trinajstić information content (AvgIpc) is 2.58. The average molecular weight is 239 g/mol. The molecule has 1 aliphatic heterocycles. The van der Waals surface area contributed by atoms with E-state index in [0.717, 1.165) is 12.1 Å². The summed E-state index contributed by atoms with van der Waals surface area (Å²) in [6.07, 6.45) is 3.95. The molecule has 0 saturated heterocycles. The van der Waals surface area contributed by atoms with E-state index >= 15 is 0 Å². The first-order valence-corrected chi connectivity index (χ1v) is 6.79. The molecule has 6 heteroatoms. The van der Waals surface area contributed by atoms with Crippen LogP contribution in [-0.4, -0.2) is 30.2 Å². The van der Waals surface area contributed by atoms with Crippen molar-refractivity contribution >= 4 is 15.7 Å². The first kappa shape index (κ1) is 11.1. The molecule has 1 aromatic rings. The molecular weight excluding hydrogens is 226 g/mol. The van der Waals surface area contributed by atoms with Crippen LogP contribution in [0.5, 0.6) is 0 Å². The summed E-state index contributed by atoms with van der Waals surface area (Å²) in [5.41, 5.74) is 0.933. The Labute approximate surface area is 94.5 Å². The molecule has 86 valence electrons. The first-order chi connectivity index (χ1) is 7.59. The number of sulfone groups is 1. The van der Waals surface area contributed by atoms with Crippen LogP contribution in [0.25, 0.3) is 0 Å². The molecule has 1 aliphatic rings. The molecule has 2 heterocycles. The number of nitrogens with zero attached hydrogens (tertiary/aromatic N) is 2. The standard InChI is InChI=1S/C10H13N3O2S/c1-2-8-5-10(12-7-11-8)13-9-3-4-16(14,15)6-9/h3-5,7,9H,2,6H2,1H3,(H,11,12,13). The van der Waals surface area contributed by atoms with Crippen LogP contribution in [0.3, 0.4) is 0 Å². The summed E-state index contributed by atoms with van der Waals surface area (Å²) in [6.45, 7) is 2.01. The summed E-state index contributed by atoms with van der Waals surface area (Å²) in [5, 5.41) is 4.30. The number of aromatic nitrogens is 2. The SMILES string of the molecule is CCc1cc(NC2C=CS(=O)(=O)C2)ncn1. The molecule has 0 amide bonds. The zero-order valence-electron chi connectivity index (χ0n) is 8.92. The zero-order chi connectivity index (χ0) is 11.6. The highest BCUT2D eigenvalue weighted by molar-refractivity contribution is 7.94. The fourth-order valence-corrected chi connectivity index (χ4v) is 2.76. The summed E-state index contributed by atoms with van der Waals surface area (Å²) in [4.78, 5) is 8.12. The van der Waals surface area contributed by atoms with E-state index in [1.165, 1.54) is 11.7 Å². The largest absolute Gasteiger partial charge is 0.363 e. The molecule has 0 aromatic carbocycles. The van der Waals surface area contributed by atoms with Crippen LogP contribution in [0.2, 0.25) is 0 Å². The Morgan fingerprint density at radius 2 is 2.31 bits per heavy atom. The van der Waals surface area contributed by atoms with Gasteiger partial charge in [0.05, 0.1) is 11.8 Å². The van der Waals surface area contributed by atoms with Crippen molar-refractivity contribution in [2.75, 3.05) is 11.1 Å². The van der Waals surface area contributed by atoms with Gasteiger partial charge in [-0.3, -0.25) is 0 Å². The second-order valence-corrected chi connectivity index (χ2v) is 5.59. The Hall–Kier alpha value is -1.43. The third kappa shape index (κ3) is 2.57. The minimum absolute atomic E-state index is 0.0957. The van der Waals surface area contributed by atoms with Gasteiger partial charge in [-0.2, -0.15) is 0 Å². The molecule has 0 spiro atoms. The number of nitrogens with one attached hydrogen (secondary N) is 1.